The predicted octanol–water partition coefficient (Wildman–Crippen LogP) is 3.92. The predicted molar refractivity (Wildman–Crippen MR) is 133 cm³/mol. The van der Waals surface area contributed by atoms with Crippen LogP contribution in [-0.4, -0.2) is 51.1 Å². The van der Waals surface area contributed by atoms with Gasteiger partial charge in [0.05, 0.1) is 6.54 Å². The Kier molecular flexibility index (Phi) is 8.22. The van der Waals surface area contributed by atoms with Crippen LogP contribution in [0.5, 0.6) is 0 Å². The fourth-order valence-corrected chi connectivity index (χ4v) is 4.13. The van der Waals surface area contributed by atoms with Crippen molar-refractivity contribution in [2.24, 2.45) is 0 Å². The van der Waals surface area contributed by atoms with Crippen LogP contribution in [0.25, 0.3) is 17.3 Å². The third-order valence-corrected chi connectivity index (χ3v) is 5.92. The second-order valence-corrected chi connectivity index (χ2v) is 8.53. The zero-order valence-corrected chi connectivity index (χ0v) is 19.4. The molecule has 1 N–H and O–H groups in total. The van der Waals surface area contributed by atoms with Gasteiger partial charge in [0.15, 0.2) is 0 Å². The topological polar surface area (TPSA) is 80.1 Å². The van der Waals surface area contributed by atoms with Gasteiger partial charge in [0.25, 0.3) is 0 Å². The van der Waals surface area contributed by atoms with Gasteiger partial charge in [-0.1, -0.05) is 43.2 Å². The van der Waals surface area contributed by atoms with E-state index in [2.05, 4.69) is 22.4 Å². The van der Waals surface area contributed by atoms with Gasteiger partial charge < -0.3 is 10.2 Å². The Morgan fingerprint density at radius 2 is 1.79 bits per heavy atom. The van der Waals surface area contributed by atoms with Gasteiger partial charge in [-0.05, 0) is 36.6 Å². The normalized spacial score (nSPS) is 14.2. The third-order valence-electron chi connectivity index (χ3n) is 5.92. The van der Waals surface area contributed by atoms with E-state index >= 15 is 0 Å². The molecule has 176 valence electrons. The molecule has 7 nitrogen and oxygen atoms in total. The van der Waals surface area contributed by atoms with Crippen LogP contribution in [0.4, 0.5) is 0 Å². The molecule has 0 unspecified atom stereocenters. The molecule has 1 aliphatic heterocycles. The van der Waals surface area contributed by atoms with Crippen LogP contribution >= 0.6 is 0 Å². The highest BCUT2D eigenvalue weighted by molar-refractivity contribution is 5.93. The SMILES string of the molecule is O=C(/C=C/c1cn(Cc2ccccc2)nc1-c1cccnc1)NCCC(=O)N1CCCCCC1. The van der Waals surface area contributed by atoms with Crippen LogP contribution in [0.3, 0.4) is 0 Å². The average Bonchev–Trinajstić information content (AvgIpc) is 3.06. The van der Waals surface area contributed by atoms with Crippen LogP contribution in [0.1, 0.15) is 43.2 Å². The largest absolute Gasteiger partial charge is 0.352 e. The van der Waals surface area contributed by atoms with Crippen LogP contribution in [-0.2, 0) is 16.1 Å². The minimum Gasteiger partial charge on any atom is -0.352 e. The molecule has 4 rings (SSSR count). The number of nitrogens with one attached hydrogen (secondary N) is 1. The van der Waals surface area contributed by atoms with Gasteiger partial charge in [0, 0.05) is 61.8 Å². The zero-order chi connectivity index (χ0) is 23.6. The van der Waals surface area contributed by atoms with E-state index in [0.29, 0.717) is 19.5 Å². The zero-order valence-electron chi connectivity index (χ0n) is 19.4. The number of aromatic nitrogens is 3. The molecule has 0 bridgehead atoms. The van der Waals surface area contributed by atoms with Gasteiger partial charge in [-0.3, -0.25) is 19.3 Å². The Morgan fingerprint density at radius 1 is 1.00 bits per heavy atom. The van der Waals surface area contributed by atoms with Crippen molar-refractivity contribution < 1.29 is 9.59 Å². The minimum absolute atomic E-state index is 0.118. The molecule has 7 heteroatoms. The second kappa shape index (κ2) is 11.9. The van der Waals surface area contributed by atoms with Crippen LogP contribution in [0, 0.1) is 0 Å². The monoisotopic (exact) mass is 457 g/mol. The van der Waals surface area contributed by atoms with Gasteiger partial charge in [-0.2, -0.15) is 5.10 Å². The van der Waals surface area contributed by atoms with E-state index in [9.17, 15) is 9.59 Å². The molecule has 1 aromatic carbocycles. The smallest absolute Gasteiger partial charge is 0.244 e. The summed E-state index contributed by atoms with van der Waals surface area (Å²) in [5.41, 5.74) is 3.63. The lowest BCUT2D eigenvalue weighted by Crippen LogP contribution is -2.34. The number of hydrogen-bond acceptors (Lipinski definition) is 4. The first kappa shape index (κ1) is 23.4. The first-order chi connectivity index (χ1) is 16.7. The summed E-state index contributed by atoms with van der Waals surface area (Å²) in [4.78, 5) is 30.9. The Balaban J connectivity index is 1.38. The lowest BCUT2D eigenvalue weighted by molar-refractivity contribution is -0.131. The van der Waals surface area contributed by atoms with E-state index in [4.69, 9.17) is 5.10 Å². The number of likely N-dealkylation sites (tertiary alicyclic amines) is 1. The Hall–Kier alpha value is -3.74. The highest BCUT2D eigenvalue weighted by Gasteiger charge is 2.15. The van der Waals surface area contributed by atoms with E-state index in [1.54, 1.807) is 18.5 Å². The van der Waals surface area contributed by atoms with Crippen molar-refractivity contribution in [2.45, 2.75) is 38.6 Å². The summed E-state index contributed by atoms with van der Waals surface area (Å²) in [6.45, 7) is 2.63. The lowest BCUT2D eigenvalue weighted by atomic mass is 10.1. The van der Waals surface area contributed by atoms with E-state index in [1.165, 1.54) is 18.9 Å². The molecule has 2 amide bonds. The number of amides is 2. The number of hydrogen-bond donors (Lipinski definition) is 1. The number of carbonyl (C=O) groups is 2. The van der Waals surface area contributed by atoms with E-state index in [-0.39, 0.29) is 11.8 Å². The van der Waals surface area contributed by atoms with Gasteiger partial charge in [0.2, 0.25) is 11.8 Å². The fourth-order valence-electron chi connectivity index (χ4n) is 4.13. The van der Waals surface area contributed by atoms with Crippen LogP contribution < -0.4 is 5.32 Å². The van der Waals surface area contributed by atoms with E-state index in [1.807, 2.05) is 46.1 Å². The lowest BCUT2D eigenvalue weighted by Gasteiger charge is -2.20. The quantitative estimate of drug-likeness (QED) is 0.520. The summed E-state index contributed by atoms with van der Waals surface area (Å²) in [5.74, 6) is -0.108. The molecule has 2 aromatic heterocycles. The van der Waals surface area contributed by atoms with Crippen LogP contribution in [0.15, 0.2) is 67.1 Å². The number of pyridine rings is 1. The summed E-state index contributed by atoms with van der Waals surface area (Å²) in [5, 5.41) is 7.57. The summed E-state index contributed by atoms with van der Waals surface area (Å²) < 4.78 is 1.87. The van der Waals surface area contributed by atoms with Crippen molar-refractivity contribution in [3.05, 3.63) is 78.3 Å². The summed E-state index contributed by atoms with van der Waals surface area (Å²) in [6, 6.07) is 13.9. The third kappa shape index (κ3) is 6.63. The van der Waals surface area contributed by atoms with E-state index in [0.717, 1.165) is 48.3 Å². The molecule has 1 saturated heterocycles. The van der Waals surface area contributed by atoms with Crippen molar-refractivity contribution in [3.8, 4) is 11.3 Å². The van der Waals surface area contributed by atoms with Crippen molar-refractivity contribution >= 4 is 17.9 Å². The Labute approximate surface area is 200 Å². The summed E-state index contributed by atoms with van der Waals surface area (Å²) in [7, 11) is 0. The Bertz CT molecular complexity index is 1100. The van der Waals surface area contributed by atoms with Crippen molar-refractivity contribution in [1.82, 2.24) is 25.0 Å². The highest BCUT2D eigenvalue weighted by Crippen LogP contribution is 2.23. The van der Waals surface area contributed by atoms with Crippen LogP contribution in [0.2, 0.25) is 0 Å². The van der Waals surface area contributed by atoms with Gasteiger partial charge in [-0.15, -0.1) is 0 Å². The number of benzene rings is 1. The van der Waals surface area contributed by atoms with Crippen molar-refractivity contribution in [2.75, 3.05) is 19.6 Å². The van der Waals surface area contributed by atoms with Crippen molar-refractivity contribution in [3.63, 3.8) is 0 Å². The first-order valence-corrected chi connectivity index (χ1v) is 11.9. The number of rotatable bonds is 8. The standard InChI is InChI=1S/C27H31N5O2/c33-25(29-16-14-26(34)31-17-6-1-2-7-18-31)13-12-24-21-32(20-22-9-4-3-5-10-22)30-27(24)23-11-8-15-28-19-23/h3-5,8-13,15,19,21H,1-2,6-7,14,16-18,20H2,(H,29,33)/b13-12+. The molecular weight excluding hydrogens is 426 g/mol. The molecule has 0 saturated carbocycles. The minimum atomic E-state index is -0.225. The van der Waals surface area contributed by atoms with Gasteiger partial charge >= 0.3 is 0 Å². The van der Waals surface area contributed by atoms with Crippen molar-refractivity contribution in [1.29, 1.82) is 0 Å². The maximum atomic E-state index is 12.4. The molecule has 0 aliphatic carbocycles. The molecule has 0 radical (unpaired) electrons. The highest BCUT2D eigenvalue weighted by atomic mass is 16.2. The summed E-state index contributed by atoms with van der Waals surface area (Å²) >= 11 is 0. The first-order valence-electron chi connectivity index (χ1n) is 11.9. The van der Waals surface area contributed by atoms with Gasteiger partial charge in [0.1, 0.15) is 5.69 Å². The van der Waals surface area contributed by atoms with Gasteiger partial charge in [-0.25, -0.2) is 0 Å². The average molecular weight is 458 g/mol. The molecule has 34 heavy (non-hydrogen) atoms. The molecule has 3 aromatic rings. The number of nitrogens with zero attached hydrogens (tertiary/aromatic N) is 4. The maximum absolute atomic E-state index is 12.4. The second-order valence-electron chi connectivity index (χ2n) is 8.53. The number of carbonyl (C=O) groups excluding carboxylic acids is 2. The molecule has 1 aliphatic rings. The maximum Gasteiger partial charge on any atom is 0.244 e. The molecule has 3 heterocycles. The fraction of sp³-hybridized carbons (Fsp3) is 0.333. The Morgan fingerprint density at radius 3 is 2.53 bits per heavy atom. The van der Waals surface area contributed by atoms with E-state index < -0.39 is 0 Å². The molecule has 0 spiro atoms. The summed E-state index contributed by atoms with van der Waals surface area (Å²) in [6.07, 6.45) is 13.5. The molecular formula is C27H31N5O2. The molecule has 1 fully saturated rings. The molecule has 0 atom stereocenters.